The Labute approximate surface area is 135 Å². The molecule has 3 atom stereocenters. The minimum atomic E-state index is -0.330. The van der Waals surface area contributed by atoms with E-state index in [2.05, 4.69) is 18.8 Å². The number of pyridine rings is 1. The molecule has 0 N–H and O–H groups in total. The van der Waals surface area contributed by atoms with Gasteiger partial charge in [-0.3, -0.25) is 0 Å². The lowest BCUT2D eigenvalue weighted by atomic mass is 9.57. The van der Waals surface area contributed by atoms with E-state index in [4.69, 9.17) is 9.47 Å². The van der Waals surface area contributed by atoms with Crippen molar-refractivity contribution < 1.29 is 14.3 Å². The number of hydrogen-bond donors (Lipinski definition) is 0. The van der Waals surface area contributed by atoms with Crippen molar-refractivity contribution in [2.45, 2.75) is 38.9 Å². The number of nitrogens with zero attached hydrogens (tertiary/aromatic N) is 1. The lowest BCUT2D eigenvalue weighted by molar-refractivity contribution is -0.243. The fraction of sp³-hybridized carbons (Fsp3) is 0.474. The number of carbonyl (C=O) groups excluding carboxylic acids is 1. The fourth-order valence-electron chi connectivity index (χ4n) is 4.17. The molecule has 23 heavy (non-hydrogen) atoms. The van der Waals surface area contributed by atoms with Gasteiger partial charge >= 0.3 is 5.97 Å². The number of rotatable bonds is 2. The van der Waals surface area contributed by atoms with Gasteiger partial charge in [0.25, 0.3) is 0 Å². The molecular formula is C19H21NO3. The summed E-state index contributed by atoms with van der Waals surface area (Å²) in [5.41, 5.74) is 0.268. The van der Waals surface area contributed by atoms with Crippen LogP contribution in [0.4, 0.5) is 0 Å². The van der Waals surface area contributed by atoms with E-state index in [-0.39, 0.29) is 23.6 Å². The number of benzene rings is 1. The Morgan fingerprint density at radius 3 is 3.00 bits per heavy atom. The molecule has 1 aromatic heterocycles. The highest BCUT2D eigenvalue weighted by atomic mass is 16.6. The van der Waals surface area contributed by atoms with Gasteiger partial charge in [0.1, 0.15) is 6.10 Å². The maximum Gasteiger partial charge on any atom is 0.357 e. The maximum atomic E-state index is 12.7. The molecule has 2 heterocycles. The summed E-state index contributed by atoms with van der Waals surface area (Å²) in [4.78, 5) is 17.0. The van der Waals surface area contributed by atoms with Gasteiger partial charge in [-0.25, -0.2) is 9.78 Å². The highest BCUT2D eigenvalue weighted by Gasteiger charge is 2.60. The first-order valence-electron chi connectivity index (χ1n) is 8.25. The zero-order valence-corrected chi connectivity index (χ0v) is 13.5. The Kier molecular flexibility index (Phi) is 3.38. The van der Waals surface area contributed by atoms with E-state index in [0.29, 0.717) is 11.6 Å². The second-order valence-electron chi connectivity index (χ2n) is 7.13. The summed E-state index contributed by atoms with van der Waals surface area (Å²) in [5.74, 6) is -0.0124. The second kappa shape index (κ2) is 5.31. The van der Waals surface area contributed by atoms with Crippen LogP contribution >= 0.6 is 0 Å². The van der Waals surface area contributed by atoms with E-state index in [0.717, 1.165) is 30.2 Å². The first-order chi connectivity index (χ1) is 11.1. The number of carbonyl (C=O) groups is 1. The average Bonchev–Trinajstić information content (AvgIpc) is 2.59. The van der Waals surface area contributed by atoms with Crippen LogP contribution < -0.4 is 0 Å². The SMILES string of the molecule is CC1(C)[C@@H]2OCCC[C@@H]2[C@@H]1OC(=O)c1nccc2ccccc12. The van der Waals surface area contributed by atoms with Crippen LogP contribution in [-0.2, 0) is 9.47 Å². The van der Waals surface area contributed by atoms with Gasteiger partial charge in [-0.1, -0.05) is 38.1 Å². The summed E-state index contributed by atoms with van der Waals surface area (Å²) in [5, 5.41) is 1.84. The minimum Gasteiger partial charge on any atom is -0.457 e. The van der Waals surface area contributed by atoms with Gasteiger partial charge in [0, 0.05) is 29.5 Å². The predicted octanol–water partition coefficient (Wildman–Crippen LogP) is 3.60. The topological polar surface area (TPSA) is 48.4 Å². The summed E-state index contributed by atoms with van der Waals surface area (Å²) >= 11 is 0. The lowest BCUT2D eigenvalue weighted by Gasteiger charge is -2.58. The Morgan fingerprint density at radius 2 is 2.13 bits per heavy atom. The van der Waals surface area contributed by atoms with Crippen molar-refractivity contribution in [2.24, 2.45) is 11.3 Å². The van der Waals surface area contributed by atoms with Gasteiger partial charge in [-0.15, -0.1) is 0 Å². The lowest BCUT2D eigenvalue weighted by Crippen LogP contribution is -2.65. The molecule has 0 spiro atoms. The molecule has 0 unspecified atom stereocenters. The average molecular weight is 311 g/mol. The molecule has 1 saturated heterocycles. The van der Waals surface area contributed by atoms with E-state index in [9.17, 15) is 4.79 Å². The highest BCUT2D eigenvalue weighted by molar-refractivity contribution is 6.02. The summed E-state index contributed by atoms with van der Waals surface area (Å²) in [6.07, 6.45) is 3.88. The minimum absolute atomic E-state index is 0.0962. The van der Waals surface area contributed by atoms with Crippen LogP contribution in [0.25, 0.3) is 10.8 Å². The first kappa shape index (κ1) is 14.6. The second-order valence-corrected chi connectivity index (χ2v) is 7.13. The van der Waals surface area contributed by atoms with E-state index < -0.39 is 0 Å². The highest BCUT2D eigenvalue weighted by Crippen LogP contribution is 2.53. The van der Waals surface area contributed by atoms with Crippen LogP contribution in [0, 0.1) is 11.3 Å². The smallest absolute Gasteiger partial charge is 0.357 e. The molecule has 1 aromatic carbocycles. The van der Waals surface area contributed by atoms with Crippen molar-refractivity contribution in [2.75, 3.05) is 6.61 Å². The normalized spacial score (nSPS) is 28.7. The van der Waals surface area contributed by atoms with Crippen LogP contribution in [0.1, 0.15) is 37.2 Å². The van der Waals surface area contributed by atoms with E-state index in [1.807, 2.05) is 30.3 Å². The van der Waals surface area contributed by atoms with Gasteiger partial charge in [0.15, 0.2) is 5.69 Å². The van der Waals surface area contributed by atoms with Gasteiger partial charge in [0.05, 0.1) is 6.10 Å². The molecule has 0 amide bonds. The molecule has 120 valence electrons. The molecule has 4 heteroatoms. The third-order valence-electron chi connectivity index (χ3n) is 5.32. The van der Waals surface area contributed by atoms with E-state index >= 15 is 0 Å². The van der Waals surface area contributed by atoms with Crippen molar-refractivity contribution in [3.8, 4) is 0 Å². The molecule has 1 aliphatic carbocycles. The Morgan fingerprint density at radius 1 is 1.30 bits per heavy atom. The molecule has 0 radical (unpaired) electrons. The molecule has 1 saturated carbocycles. The van der Waals surface area contributed by atoms with Crippen molar-refractivity contribution in [1.82, 2.24) is 4.98 Å². The van der Waals surface area contributed by atoms with Crippen LogP contribution in [0.3, 0.4) is 0 Å². The molecule has 4 nitrogen and oxygen atoms in total. The zero-order valence-electron chi connectivity index (χ0n) is 13.5. The quantitative estimate of drug-likeness (QED) is 0.795. The third kappa shape index (κ3) is 2.24. The predicted molar refractivity (Wildman–Crippen MR) is 87.2 cm³/mol. The summed E-state index contributed by atoms with van der Waals surface area (Å²) < 4.78 is 11.8. The monoisotopic (exact) mass is 311 g/mol. The van der Waals surface area contributed by atoms with Gasteiger partial charge in [-0.2, -0.15) is 0 Å². The molecule has 1 aliphatic heterocycles. The van der Waals surface area contributed by atoms with Crippen LogP contribution in [0.2, 0.25) is 0 Å². The summed E-state index contributed by atoms with van der Waals surface area (Å²) in [7, 11) is 0. The van der Waals surface area contributed by atoms with Crippen molar-refractivity contribution in [1.29, 1.82) is 0 Å². The summed E-state index contributed by atoms with van der Waals surface area (Å²) in [6.45, 7) is 5.05. The van der Waals surface area contributed by atoms with Crippen molar-refractivity contribution >= 4 is 16.7 Å². The number of esters is 1. The number of aromatic nitrogens is 1. The van der Waals surface area contributed by atoms with Gasteiger partial charge in [0.2, 0.25) is 0 Å². The molecule has 2 aromatic rings. The Balaban J connectivity index is 1.60. The van der Waals surface area contributed by atoms with Crippen molar-refractivity contribution in [3.63, 3.8) is 0 Å². The molecule has 0 bridgehead atoms. The molecule has 4 rings (SSSR count). The van der Waals surface area contributed by atoms with Gasteiger partial charge in [-0.05, 0) is 24.3 Å². The largest absolute Gasteiger partial charge is 0.457 e. The number of hydrogen-bond acceptors (Lipinski definition) is 4. The van der Waals surface area contributed by atoms with Gasteiger partial charge < -0.3 is 9.47 Å². The van der Waals surface area contributed by atoms with E-state index in [1.165, 1.54) is 0 Å². The number of ether oxygens (including phenoxy) is 2. The van der Waals surface area contributed by atoms with E-state index in [1.54, 1.807) is 6.20 Å². The molecule has 2 aliphatic rings. The Hall–Kier alpha value is -1.94. The number of fused-ring (bicyclic) bond motifs is 2. The standard InChI is InChI=1S/C19H21NO3/c1-19(2)16-14(8-5-11-22-16)17(19)23-18(21)15-13-7-4-3-6-12(13)9-10-20-15/h3-4,6-7,9-10,14,16-17H,5,8,11H2,1-2H3/t14-,16+,17-/m0/s1. The Bertz CT molecular complexity index is 750. The van der Waals surface area contributed by atoms with Crippen LogP contribution in [-0.4, -0.2) is 29.8 Å². The maximum absolute atomic E-state index is 12.7. The fourth-order valence-corrected chi connectivity index (χ4v) is 4.17. The molecule has 2 fully saturated rings. The molecular weight excluding hydrogens is 290 g/mol. The summed E-state index contributed by atoms with van der Waals surface area (Å²) in [6, 6.07) is 9.67. The third-order valence-corrected chi connectivity index (χ3v) is 5.32. The van der Waals surface area contributed by atoms with Crippen molar-refractivity contribution in [3.05, 3.63) is 42.2 Å². The first-order valence-corrected chi connectivity index (χ1v) is 8.25. The van der Waals surface area contributed by atoms with Crippen LogP contribution in [0.15, 0.2) is 36.5 Å². The zero-order chi connectivity index (χ0) is 16.0. The van der Waals surface area contributed by atoms with Crippen LogP contribution in [0.5, 0.6) is 0 Å².